The Morgan fingerprint density at radius 1 is 1.30 bits per heavy atom. The molecule has 0 saturated carbocycles. The zero-order valence-electron chi connectivity index (χ0n) is 17.3. The number of carbonyl (C=O) groups is 1. The summed E-state index contributed by atoms with van der Waals surface area (Å²) in [5.41, 5.74) is 0.369. The molecule has 0 aliphatic carbocycles. The number of nitrogens with one attached hydrogen (secondary N) is 1. The van der Waals surface area contributed by atoms with Crippen LogP contribution in [-0.4, -0.2) is 47.0 Å². The van der Waals surface area contributed by atoms with Gasteiger partial charge in [-0.15, -0.1) is 11.3 Å². The van der Waals surface area contributed by atoms with E-state index in [9.17, 15) is 22.0 Å². The van der Waals surface area contributed by atoms with Gasteiger partial charge in [0.2, 0.25) is 5.88 Å². The second-order valence-electron chi connectivity index (χ2n) is 6.55. The van der Waals surface area contributed by atoms with Gasteiger partial charge in [-0.2, -0.15) is 21.5 Å². The smallest absolute Gasteiger partial charge is 0.364 e. The van der Waals surface area contributed by atoms with Gasteiger partial charge < -0.3 is 10.1 Å². The minimum absolute atomic E-state index is 0.128. The first kappa shape index (κ1) is 24.4. The quantitative estimate of drug-likeness (QED) is 0.338. The number of thiazole rings is 1. The highest BCUT2D eigenvalue weighted by Crippen LogP contribution is 2.27. The van der Waals surface area contributed by atoms with Crippen molar-refractivity contribution in [3.05, 3.63) is 53.4 Å². The third-order valence-electron chi connectivity index (χ3n) is 4.26. The van der Waals surface area contributed by atoms with Crippen LogP contribution >= 0.6 is 11.3 Å². The number of rotatable bonds is 9. The minimum atomic E-state index is -5.19. The van der Waals surface area contributed by atoms with Crippen LogP contribution < -0.4 is 14.4 Å². The number of hydrogen-bond donors (Lipinski definition) is 2. The summed E-state index contributed by atoms with van der Waals surface area (Å²) in [5, 5.41) is 2.80. The van der Waals surface area contributed by atoms with Crippen LogP contribution in [0.3, 0.4) is 0 Å². The van der Waals surface area contributed by atoms with Crippen LogP contribution in [0.4, 0.5) is 14.5 Å². The minimum Gasteiger partial charge on any atom is -0.477 e. The molecule has 1 amide bonds. The Labute approximate surface area is 192 Å². The number of benzene rings is 1. The molecule has 176 valence electrons. The van der Waals surface area contributed by atoms with Crippen molar-refractivity contribution >= 4 is 33.2 Å². The summed E-state index contributed by atoms with van der Waals surface area (Å²) in [6, 6.07) is 4.39. The highest BCUT2D eigenvalue weighted by molar-refractivity contribution is 7.87. The summed E-state index contributed by atoms with van der Waals surface area (Å²) < 4.78 is 62.9. The number of amides is 1. The van der Waals surface area contributed by atoms with E-state index in [2.05, 4.69) is 20.3 Å². The van der Waals surface area contributed by atoms with Crippen LogP contribution in [0, 0.1) is 0 Å². The average molecular weight is 500 g/mol. The van der Waals surface area contributed by atoms with Gasteiger partial charge in [0.25, 0.3) is 5.91 Å². The maximum atomic E-state index is 13.1. The molecule has 3 aromatic rings. The van der Waals surface area contributed by atoms with E-state index < -0.39 is 38.8 Å². The van der Waals surface area contributed by atoms with E-state index in [1.807, 2.05) is 6.92 Å². The first-order chi connectivity index (χ1) is 15.6. The van der Waals surface area contributed by atoms with Gasteiger partial charge in [0.05, 0.1) is 35.6 Å². The lowest BCUT2D eigenvalue weighted by molar-refractivity contribution is 0.0939. The first-order valence-corrected chi connectivity index (χ1v) is 11.7. The van der Waals surface area contributed by atoms with Crippen LogP contribution in [0.15, 0.2) is 42.9 Å². The molecule has 0 radical (unpaired) electrons. The normalized spacial score (nSPS) is 12.4. The molecule has 0 spiro atoms. The van der Waals surface area contributed by atoms with Crippen LogP contribution in [0.5, 0.6) is 5.88 Å². The molecule has 1 atom stereocenters. The van der Waals surface area contributed by atoms with Crippen LogP contribution in [0.1, 0.15) is 35.3 Å². The zero-order chi connectivity index (χ0) is 24.2. The van der Waals surface area contributed by atoms with E-state index in [0.717, 1.165) is 23.5 Å². The molecular formula is C19H19F2N5O5S2. The highest BCUT2D eigenvalue weighted by atomic mass is 32.2. The number of aromatic nitrogens is 3. The Morgan fingerprint density at radius 2 is 2.06 bits per heavy atom. The van der Waals surface area contributed by atoms with Crippen molar-refractivity contribution in [1.29, 1.82) is 0 Å². The summed E-state index contributed by atoms with van der Waals surface area (Å²) in [7, 11) is -5.19. The lowest BCUT2D eigenvalue weighted by Crippen LogP contribution is -2.35. The lowest BCUT2D eigenvalue weighted by atomic mass is 10.1. The molecule has 2 N–H and O–H groups in total. The molecule has 33 heavy (non-hydrogen) atoms. The number of ether oxygens (including phenoxy) is 1. The van der Waals surface area contributed by atoms with Crippen molar-refractivity contribution in [1.82, 2.24) is 20.3 Å². The molecule has 1 aromatic carbocycles. The topological polar surface area (TPSA) is 135 Å². The predicted octanol–water partition coefficient (Wildman–Crippen LogP) is 3.32. The first-order valence-electron chi connectivity index (χ1n) is 9.47. The zero-order valence-corrected chi connectivity index (χ0v) is 19.0. The molecule has 0 bridgehead atoms. The molecule has 3 rings (SSSR count). The lowest BCUT2D eigenvalue weighted by Gasteiger charge is -2.21. The van der Waals surface area contributed by atoms with Gasteiger partial charge in [0, 0.05) is 6.20 Å². The Kier molecular flexibility index (Phi) is 7.50. The molecule has 10 nitrogen and oxygen atoms in total. The monoisotopic (exact) mass is 499 g/mol. The molecule has 2 heterocycles. The van der Waals surface area contributed by atoms with Crippen molar-refractivity contribution < 1.29 is 31.3 Å². The fourth-order valence-electron chi connectivity index (χ4n) is 2.80. The van der Waals surface area contributed by atoms with Crippen molar-refractivity contribution in [2.24, 2.45) is 0 Å². The number of halogens is 2. The Balaban J connectivity index is 1.76. The number of carbonyl (C=O) groups excluding carboxylic acids is 1. The molecule has 0 aliphatic heterocycles. The van der Waals surface area contributed by atoms with Crippen molar-refractivity contribution in [3.8, 4) is 16.5 Å². The van der Waals surface area contributed by atoms with Crippen molar-refractivity contribution in [2.75, 3.05) is 10.9 Å². The van der Waals surface area contributed by atoms with Crippen molar-refractivity contribution in [3.63, 3.8) is 0 Å². The fraction of sp³-hybridized carbons (Fsp3) is 0.263. The van der Waals surface area contributed by atoms with E-state index >= 15 is 0 Å². The second-order valence-corrected chi connectivity index (χ2v) is 8.87. The Morgan fingerprint density at radius 3 is 2.73 bits per heavy atom. The maximum Gasteiger partial charge on any atom is 0.364 e. The number of hydrogen-bond acceptors (Lipinski definition) is 8. The molecule has 14 heteroatoms. The Bertz CT molecular complexity index is 1240. The third-order valence-corrected chi connectivity index (χ3v) is 6.14. The van der Waals surface area contributed by atoms with Gasteiger partial charge >= 0.3 is 16.9 Å². The summed E-state index contributed by atoms with van der Waals surface area (Å²) in [4.78, 5) is 25.7. The fourth-order valence-corrected chi connectivity index (χ4v) is 4.16. The van der Waals surface area contributed by atoms with Gasteiger partial charge in [0.1, 0.15) is 5.69 Å². The van der Waals surface area contributed by atoms with Gasteiger partial charge in [0.15, 0.2) is 5.01 Å². The summed E-state index contributed by atoms with van der Waals surface area (Å²) in [5.74, 6) is -0.191. The molecule has 0 saturated heterocycles. The van der Waals surface area contributed by atoms with Crippen molar-refractivity contribution in [2.45, 2.75) is 26.4 Å². The molecule has 2 aromatic heterocycles. The van der Waals surface area contributed by atoms with Gasteiger partial charge in [-0.25, -0.2) is 9.97 Å². The van der Waals surface area contributed by atoms with Crippen LogP contribution in [-0.2, 0) is 10.3 Å². The largest absolute Gasteiger partial charge is 0.477 e. The second kappa shape index (κ2) is 10.1. The predicted molar refractivity (Wildman–Crippen MR) is 117 cm³/mol. The summed E-state index contributed by atoms with van der Waals surface area (Å²) in [6.45, 7) is 0.335. The average Bonchev–Trinajstić information content (AvgIpc) is 3.24. The van der Waals surface area contributed by atoms with Crippen LogP contribution in [0.2, 0.25) is 0 Å². The number of alkyl halides is 2. The van der Waals surface area contributed by atoms with E-state index in [1.165, 1.54) is 30.7 Å². The number of anilines is 1. The van der Waals surface area contributed by atoms with E-state index in [4.69, 9.17) is 9.29 Å². The van der Waals surface area contributed by atoms with Gasteiger partial charge in [-0.3, -0.25) is 14.3 Å². The third kappa shape index (κ3) is 5.97. The summed E-state index contributed by atoms with van der Waals surface area (Å²) >= 11 is 1.07. The number of nitrogens with zero attached hydrogens (tertiary/aromatic N) is 4. The van der Waals surface area contributed by atoms with E-state index in [1.54, 1.807) is 6.92 Å². The Hall–Kier alpha value is -3.23. The molecule has 0 fully saturated rings. The molecule has 0 aliphatic rings. The van der Waals surface area contributed by atoms with E-state index in [-0.39, 0.29) is 5.01 Å². The molecular weight excluding hydrogens is 480 g/mol. The standard InChI is InChI=1S/C19H19F2N5O5S2/c1-3-31-16-10-22-8-14(25-16)15-9-23-18(32-15)17(27)24-11(2)12-5-4-6-13(7-12)26(19(20)21)33(28,29)30/h4-11,19H,3H2,1-2H3,(H,24,27)(H,28,29,30)/t11-/m1/s1. The van der Waals surface area contributed by atoms with Crippen LogP contribution in [0.25, 0.3) is 10.6 Å². The van der Waals surface area contributed by atoms with Gasteiger partial charge in [-0.05, 0) is 31.5 Å². The van der Waals surface area contributed by atoms with E-state index in [0.29, 0.717) is 28.6 Å². The van der Waals surface area contributed by atoms with Gasteiger partial charge in [-0.1, -0.05) is 12.1 Å². The summed E-state index contributed by atoms with van der Waals surface area (Å²) in [6.07, 6.45) is 4.45. The highest BCUT2D eigenvalue weighted by Gasteiger charge is 2.29. The molecule has 0 unspecified atom stereocenters. The maximum absolute atomic E-state index is 13.1. The SMILES string of the molecule is CCOc1cncc(-c2cnc(C(=O)N[C@H](C)c3cccc(N(C(F)F)S(=O)(=O)O)c3)s2)n1.